The van der Waals surface area contributed by atoms with E-state index in [0.717, 1.165) is 29.7 Å². The molecule has 11 heteroatoms. The molecule has 180 valence electrons. The predicted octanol–water partition coefficient (Wildman–Crippen LogP) is 3.61. The van der Waals surface area contributed by atoms with E-state index in [1.54, 1.807) is 13.8 Å². The highest BCUT2D eigenvalue weighted by molar-refractivity contribution is 7.89. The summed E-state index contributed by atoms with van der Waals surface area (Å²) in [4.78, 5) is 26.2. The van der Waals surface area contributed by atoms with E-state index in [1.807, 2.05) is 0 Å². The fourth-order valence-electron chi connectivity index (χ4n) is 4.88. The number of amides is 1. The molecule has 2 aliphatic rings. The summed E-state index contributed by atoms with van der Waals surface area (Å²) in [5.41, 5.74) is 1.31. The number of carboxylic acids is 1. The standard InChI is InChI=1S/C22H29N3O6S2/c1-4-14-7-8-16-17(10-14)32-21(18(16)22(27)28)23-20(26)15-6-5-9-25(11-15)33(29,30)19-12(2)24-31-13(19)3/h14-15H,4-11H2,1-3H3,(H,23,26)(H,27,28). The lowest BCUT2D eigenvalue weighted by molar-refractivity contribution is -0.120. The van der Waals surface area contributed by atoms with Crippen molar-refractivity contribution in [1.29, 1.82) is 0 Å². The van der Waals surface area contributed by atoms with Crippen molar-refractivity contribution >= 4 is 38.2 Å². The first-order valence-corrected chi connectivity index (χ1v) is 13.5. The molecule has 3 heterocycles. The average Bonchev–Trinajstić information content (AvgIpc) is 3.32. The Morgan fingerprint density at radius 1 is 1.30 bits per heavy atom. The normalized spacial score (nSPS) is 21.5. The van der Waals surface area contributed by atoms with Gasteiger partial charge >= 0.3 is 5.97 Å². The van der Waals surface area contributed by atoms with Crippen molar-refractivity contribution in [1.82, 2.24) is 9.46 Å². The summed E-state index contributed by atoms with van der Waals surface area (Å²) in [5.74, 6) is -1.20. The Labute approximate surface area is 197 Å². The number of nitrogens with one attached hydrogen (secondary N) is 1. The van der Waals surface area contributed by atoms with Crippen LogP contribution in [0.1, 0.15) is 64.9 Å². The first-order valence-electron chi connectivity index (χ1n) is 11.2. The predicted molar refractivity (Wildman–Crippen MR) is 123 cm³/mol. The van der Waals surface area contributed by atoms with E-state index in [2.05, 4.69) is 17.4 Å². The summed E-state index contributed by atoms with van der Waals surface area (Å²) in [6.07, 6.45) is 4.59. The van der Waals surface area contributed by atoms with Crippen LogP contribution in [-0.4, -0.2) is 48.0 Å². The fourth-order valence-corrected chi connectivity index (χ4v) is 8.05. The molecular formula is C22H29N3O6S2. The Morgan fingerprint density at radius 3 is 2.70 bits per heavy atom. The SMILES string of the molecule is CCC1CCc2c(sc(NC(=O)C3CCCN(S(=O)(=O)c4c(C)noc4C)C3)c2C(=O)O)C1. The molecule has 0 radical (unpaired) electrons. The molecule has 2 aromatic heterocycles. The molecule has 2 aromatic rings. The molecule has 0 saturated carbocycles. The molecule has 1 fully saturated rings. The van der Waals surface area contributed by atoms with Crippen LogP contribution in [-0.2, 0) is 27.7 Å². The number of aryl methyl sites for hydroxylation is 2. The lowest BCUT2D eigenvalue weighted by Gasteiger charge is -2.31. The second kappa shape index (κ2) is 9.19. The van der Waals surface area contributed by atoms with Gasteiger partial charge in [0.15, 0.2) is 5.76 Å². The molecule has 2 unspecified atom stereocenters. The minimum absolute atomic E-state index is 0.0314. The van der Waals surface area contributed by atoms with Gasteiger partial charge in [0, 0.05) is 18.0 Å². The summed E-state index contributed by atoms with van der Waals surface area (Å²) in [5, 5.41) is 16.7. The number of fused-ring (bicyclic) bond motifs is 1. The van der Waals surface area contributed by atoms with Crippen LogP contribution in [0, 0.1) is 25.7 Å². The summed E-state index contributed by atoms with van der Waals surface area (Å²) < 4.78 is 32.7. The van der Waals surface area contributed by atoms with Crippen LogP contribution in [0.3, 0.4) is 0 Å². The van der Waals surface area contributed by atoms with Crippen molar-refractivity contribution in [2.24, 2.45) is 11.8 Å². The van der Waals surface area contributed by atoms with Gasteiger partial charge in [-0.3, -0.25) is 4.79 Å². The summed E-state index contributed by atoms with van der Waals surface area (Å²) in [7, 11) is -3.85. The van der Waals surface area contributed by atoms with Crippen LogP contribution in [0.2, 0.25) is 0 Å². The molecule has 4 rings (SSSR count). The van der Waals surface area contributed by atoms with E-state index in [4.69, 9.17) is 4.52 Å². The van der Waals surface area contributed by atoms with Crippen LogP contribution >= 0.6 is 11.3 Å². The molecule has 0 spiro atoms. The van der Waals surface area contributed by atoms with Crippen LogP contribution in [0.15, 0.2) is 9.42 Å². The Bertz CT molecular complexity index is 1160. The highest BCUT2D eigenvalue weighted by Crippen LogP contribution is 2.41. The average molecular weight is 496 g/mol. The number of anilines is 1. The first kappa shape index (κ1) is 23.9. The number of carboxylic acid groups (broad SMARTS) is 1. The van der Waals surface area contributed by atoms with Crippen molar-refractivity contribution in [2.75, 3.05) is 18.4 Å². The number of nitrogens with zero attached hydrogens (tertiary/aromatic N) is 2. The third-order valence-corrected chi connectivity index (χ3v) is 10.00. The van der Waals surface area contributed by atoms with Gasteiger partial charge in [0.2, 0.25) is 15.9 Å². The molecule has 0 bridgehead atoms. The zero-order valence-corrected chi connectivity index (χ0v) is 20.6. The van der Waals surface area contributed by atoms with Gasteiger partial charge in [-0.05, 0) is 57.4 Å². The van der Waals surface area contributed by atoms with Crippen LogP contribution < -0.4 is 5.32 Å². The molecule has 1 aliphatic heterocycles. The summed E-state index contributed by atoms with van der Waals surface area (Å²) in [6.45, 7) is 5.60. The molecule has 1 saturated heterocycles. The topological polar surface area (TPSA) is 130 Å². The van der Waals surface area contributed by atoms with E-state index in [1.165, 1.54) is 15.6 Å². The molecule has 1 amide bonds. The summed E-state index contributed by atoms with van der Waals surface area (Å²) >= 11 is 1.34. The minimum Gasteiger partial charge on any atom is -0.478 e. The molecule has 0 aromatic carbocycles. The van der Waals surface area contributed by atoms with Crippen molar-refractivity contribution < 1.29 is 27.6 Å². The van der Waals surface area contributed by atoms with Gasteiger partial charge in [0.25, 0.3) is 0 Å². The first-order chi connectivity index (χ1) is 15.6. The maximum atomic E-state index is 13.2. The second-order valence-corrected chi connectivity index (χ2v) is 11.9. The number of aromatic nitrogens is 1. The lowest BCUT2D eigenvalue weighted by Crippen LogP contribution is -2.44. The number of aromatic carboxylic acids is 1. The van der Waals surface area contributed by atoms with Crippen LogP contribution in [0.4, 0.5) is 5.00 Å². The molecule has 2 atom stereocenters. The van der Waals surface area contributed by atoms with Crippen LogP contribution in [0.5, 0.6) is 0 Å². The lowest BCUT2D eigenvalue weighted by atomic mass is 9.85. The van der Waals surface area contributed by atoms with E-state index >= 15 is 0 Å². The van der Waals surface area contributed by atoms with Crippen molar-refractivity contribution in [3.05, 3.63) is 27.5 Å². The number of piperidine rings is 1. The Kier molecular flexibility index (Phi) is 6.66. The van der Waals surface area contributed by atoms with E-state index in [0.29, 0.717) is 42.4 Å². The minimum atomic E-state index is -3.85. The fraction of sp³-hybridized carbons (Fsp3) is 0.591. The number of rotatable bonds is 6. The monoisotopic (exact) mass is 495 g/mol. The van der Waals surface area contributed by atoms with Gasteiger partial charge in [-0.1, -0.05) is 18.5 Å². The highest BCUT2D eigenvalue weighted by Gasteiger charge is 2.37. The van der Waals surface area contributed by atoms with E-state index < -0.39 is 21.9 Å². The highest BCUT2D eigenvalue weighted by atomic mass is 32.2. The zero-order valence-electron chi connectivity index (χ0n) is 19.0. The zero-order chi connectivity index (χ0) is 23.9. The Balaban J connectivity index is 1.54. The van der Waals surface area contributed by atoms with Gasteiger partial charge in [-0.2, -0.15) is 4.31 Å². The number of carbonyl (C=O) groups is 2. The molecule has 9 nitrogen and oxygen atoms in total. The Hall–Kier alpha value is -2.24. The van der Waals surface area contributed by atoms with Crippen molar-refractivity contribution in [3.8, 4) is 0 Å². The number of thiophene rings is 1. The number of sulfonamides is 1. The smallest absolute Gasteiger partial charge is 0.339 e. The third-order valence-electron chi connectivity index (χ3n) is 6.72. The maximum absolute atomic E-state index is 13.2. The van der Waals surface area contributed by atoms with E-state index in [-0.39, 0.29) is 28.7 Å². The van der Waals surface area contributed by atoms with Crippen molar-refractivity contribution in [3.63, 3.8) is 0 Å². The maximum Gasteiger partial charge on any atom is 0.339 e. The van der Waals surface area contributed by atoms with Gasteiger partial charge in [0.05, 0.1) is 11.5 Å². The van der Waals surface area contributed by atoms with Gasteiger partial charge in [-0.25, -0.2) is 13.2 Å². The van der Waals surface area contributed by atoms with Crippen molar-refractivity contribution in [2.45, 2.75) is 64.2 Å². The van der Waals surface area contributed by atoms with Crippen LogP contribution in [0.25, 0.3) is 0 Å². The quantitative estimate of drug-likeness (QED) is 0.626. The largest absolute Gasteiger partial charge is 0.478 e. The number of hydrogen-bond acceptors (Lipinski definition) is 7. The third kappa shape index (κ3) is 4.45. The Morgan fingerprint density at radius 2 is 2.06 bits per heavy atom. The molecular weight excluding hydrogens is 466 g/mol. The summed E-state index contributed by atoms with van der Waals surface area (Å²) in [6, 6.07) is 0. The van der Waals surface area contributed by atoms with Gasteiger partial charge < -0.3 is 14.9 Å². The molecule has 1 aliphatic carbocycles. The number of carbonyl (C=O) groups excluding carboxylic acids is 1. The molecule has 33 heavy (non-hydrogen) atoms. The number of hydrogen-bond donors (Lipinski definition) is 2. The van der Waals surface area contributed by atoms with Gasteiger partial charge in [-0.15, -0.1) is 11.3 Å². The van der Waals surface area contributed by atoms with Gasteiger partial charge in [0.1, 0.15) is 15.6 Å². The van der Waals surface area contributed by atoms with E-state index in [9.17, 15) is 23.1 Å². The second-order valence-electron chi connectivity index (χ2n) is 8.87. The molecule has 2 N–H and O–H groups in total.